The van der Waals surface area contributed by atoms with E-state index < -0.39 is 63.9 Å². The summed E-state index contributed by atoms with van der Waals surface area (Å²) in [6.45, 7) is 4.11. The van der Waals surface area contributed by atoms with Crippen molar-refractivity contribution in [1.82, 2.24) is 5.32 Å². The Morgan fingerprint density at radius 3 is 2.29 bits per heavy atom. The molecule has 0 saturated heterocycles. The van der Waals surface area contributed by atoms with Gasteiger partial charge in [-0.05, 0) is 33.8 Å². The number of carbonyl (C=O) groups excluding carboxylic acids is 2. The number of alkyl halides is 3. The zero-order valence-electron chi connectivity index (χ0n) is 15.4. The van der Waals surface area contributed by atoms with Gasteiger partial charge in [-0.2, -0.15) is 13.2 Å². The standard InChI is InChI=1S/C16H19F4N3O5/c1-8(13(24)21-7-16(18,19)20)9-5-10(17)11(6-12(9)23(26)27)22-14(25)28-15(2,3)4/h5-6,8H,7H2,1-4H3,(H,21,24)(H,22,25). The lowest BCUT2D eigenvalue weighted by atomic mass is 9.97. The molecule has 0 aliphatic rings. The van der Waals surface area contributed by atoms with Crippen LogP contribution in [0, 0.1) is 15.9 Å². The molecular formula is C16H19F4N3O5. The van der Waals surface area contributed by atoms with Crippen molar-refractivity contribution < 1.29 is 36.8 Å². The smallest absolute Gasteiger partial charge is 0.412 e. The number of nitrogens with one attached hydrogen (secondary N) is 2. The van der Waals surface area contributed by atoms with Crippen LogP contribution in [-0.2, 0) is 9.53 Å². The molecule has 1 aromatic rings. The Morgan fingerprint density at radius 2 is 1.82 bits per heavy atom. The molecule has 0 saturated carbocycles. The fourth-order valence-corrected chi connectivity index (χ4v) is 2.07. The minimum absolute atomic E-state index is 0.447. The number of halogens is 4. The third-order valence-electron chi connectivity index (χ3n) is 3.27. The Hall–Kier alpha value is -2.92. The SMILES string of the molecule is CC(C(=O)NCC(F)(F)F)c1cc(F)c(NC(=O)OC(C)(C)C)cc1[N+](=O)[O-]. The number of benzene rings is 1. The molecule has 1 aromatic carbocycles. The molecule has 0 aromatic heterocycles. The van der Waals surface area contributed by atoms with Gasteiger partial charge < -0.3 is 10.1 Å². The quantitative estimate of drug-likeness (QED) is 0.436. The zero-order valence-corrected chi connectivity index (χ0v) is 15.4. The fourth-order valence-electron chi connectivity index (χ4n) is 2.07. The lowest BCUT2D eigenvalue weighted by Gasteiger charge is -2.20. The predicted molar refractivity (Wildman–Crippen MR) is 90.4 cm³/mol. The van der Waals surface area contributed by atoms with Gasteiger partial charge in [0.25, 0.3) is 5.69 Å². The average molecular weight is 409 g/mol. The monoisotopic (exact) mass is 409 g/mol. The van der Waals surface area contributed by atoms with Crippen LogP contribution in [0.4, 0.5) is 33.7 Å². The van der Waals surface area contributed by atoms with Crippen LogP contribution in [0.3, 0.4) is 0 Å². The third kappa shape index (κ3) is 7.00. The maximum Gasteiger partial charge on any atom is 0.412 e. The van der Waals surface area contributed by atoms with E-state index in [0.717, 1.165) is 6.92 Å². The Kier molecular flexibility index (Phi) is 6.93. The summed E-state index contributed by atoms with van der Waals surface area (Å²) in [4.78, 5) is 33.9. The topological polar surface area (TPSA) is 111 Å². The fraction of sp³-hybridized carbons (Fsp3) is 0.500. The highest BCUT2D eigenvalue weighted by atomic mass is 19.4. The summed E-state index contributed by atoms with van der Waals surface area (Å²) in [7, 11) is 0. The second-order valence-electron chi connectivity index (χ2n) is 6.83. The van der Waals surface area contributed by atoms with E-state index in [1.54, 1.807) is 26.1 Å². The molecule has 0 aliphatic heterocycles. The summed E-state index contributed by atoms with van der Waals surface area (Å²) in [5.74, 6) is -3.75. The van der Waals surface area contributed by atoms with Crippen molar-refractivity contribution in [3.05, 3.63) is 33.6 Å². The number of amides is 2. The van der Waals surface area contributed by atoms with E-state index in [9.17, 15) is 37.3 Å². The number of hydrogen-bond acceptors (Lipinski definition) is 5. The highest BCUT2D eigenvalue weighted by Gasteiger charge is 2.32. The molecule has 1 atom stereocenters. The summed E-state index contributed by atoms with van der Waals surface area (Å²) < 4.78 is 55.8. The van der Waals surface area contributed by atoms with Gasteiger partial charge in [-0.3, -0.25) is 20.2 Å². The number of rotatable bonds is 5. The highest BCUT2D eigenvalue weighted by Crippen LogP contribution is 2.32. The zero-order chi connectivity index (χ0) is 21.9. The van der Waals surface area contributed by atoms with Crippen LogP contribution in [0.1, 0.15) is 39.2 Å². The van der Waals surface area contributed by atoms with Crippen molar-refractivity contribution >= 4 is 23.4 Å². The largest absolute Gasteiger partial charge is 0.444 e. The molecule has 156 valence electrons. The molecule has 0 radical (unpaired) electrons. The number of carbonyl (C=O) groups is 2. The molecule has 1 rings (SSSR count). The van der Waals surface area contributed by atoms with Gasteiger partial charge in [0.2, 0.25) is 5.91 Å². The summed E-state index contributed by atoms with van der Waals surface area (Å²) >= 11 is 0. The molecule has 0 bridgehead atoms. The number of nitro benzene ring substituents is 1. The van der Waals surface area contributed by atoms with Crippen LogP contribution in [-0.4, -0.2) is 35.2 Å². The van der Waals surface area contributed by atoms with Gasteiger partial charge in [0.15, 0.2) is 0 Å². The van der Waals surface area contributed by atoms with Gasteiger partial charge in [-0.1, -0.05) is 0 Å². The van der Waals surface area contributed by atoms with Gasteiger partial charge in [0, 0.05) is 11.6 Å². The first-order valence-corrected chi connectivity index (χ1v) is 7.93. The van der Waals surface area contributed by atoms with Gasteiger partial charge in [-0.25, -0.2) is 9.18 Å². The second-order valence-corrected chi connectivity index (χ2v) is 6.83. The van der Waals surface area contributed by atoms with Crippen molar-refractivity contribution in [2.24, 2.45) is 0 Å². The van der Waals surface area contributed by atoms with Crippen LogP contribution >= 0.6 is 0 Å². The van der Waals surface area contributed by atoms with E-state index in [1.165, 1.54) is 0 Å². The first-order valence-electron chi connectivity index (χ1n) is 7.93. The van der Waals surface area contributed by atoms with Crippen molar-refractivity contribution in [1.29, 1.82) is 0 Å². The van der Waals surface area contributed by atoms with Crippen molar-refractivity contribution in [3.63, 3.8) is 0 Å². The van der Waals surface area contributed by atoms with Crippen LogP contribution in [0.5, 0.6) is 0 Å². The summed E-state index contributed by atoms with van der Waals surface area (Å²) in [5, 5.41) is 14.9. The molecular weight excluding hydrogens is 390 g/mol. The van der Waals surface area contributed by atoms with Crippen LogP contribution in [0.2, 0.25) is 0 Å². The van der Waals surface area contributed by atoms with Crippen molar-refractivity contribution in [2.75, 3.05) is 11.9 Å². The van der Waals surface area contributed by atoms with Gasteiger partial charge in [0.05, 0.1) is 16.5 Å². The highest BCUT2D eigenvalue weighted by molar-refractivity contribution is 5.87. The van der Waals surface area contributed by atoms with Gasteiger partial charge in [-0.15, -0.1) is 0 Å². The Bertz CT molecular complexity index is 775. The summed E-state index contributed by atoms with van der Waals surface area (Å²) in [6, 6.07) is 1.28. The second kappa shape index (κ2) is 8.40. The van der Waals surface area contributed by atoms with Crippen LogP contribution in [0.15, 0.2) is 12.1 Å². The number of ether oxygens (including phenoxy) is 1. The molecule has 0 fully saturated rings. The minimum Gasteiger partial charge on any atom is -0.444 e. The molecule has 1 unspecified atom stereocenters. The van der Waals surface area contributed by atoms with E-state index in [2.05, 4.69) is 0 Å². The van der Waals surface area contributed by atoms with Crippen molar-refractivity contribution in [3.8, 4) is 0 Å². The molecule has 28 heavy (non-hydrogen) atoms. The molecule has 0 spiro atoms. The van der Waals surface area contributed by atoms with Gasteiger partial charge in [0.1, 0.15) is 18.0 Å². The molecule has 2 N–H and O–H groups in total. The average Bonchev–Trinajstić information content (AvgIpc) is 2.50. The maximum absolute atomic E-state index is 14.3. The first-order chi connectivity index (χ1) is 12.6. The Morgan fingerprint density at radius 1 is 1.25 bits per heavy atom. The lowest BCUT2D eigenvalue weighted by molar-refractivity contribution is -0.385. The number of anilines is 1. The Balaban J connectivity index is 3.15. The number of hydrogen-bond donors (Lipinski definition) is 2. The molecule has 8 nitrogen and oxygen atoms in total. The molecule has 0 heterocycles. The summed E-state index contributed by atoms with van der Waals surface area (Å²) in [5.41, 5.74) is -2.68. The van der Waals surface area contributed by atoms with E-state index in [-0.39, 0.29) is 0 Å². The third-order valence-corrected chi connectivity index (χ3v) is 3.27. The van der Waals surface area contributed by atoms with Gasteiger partial charge >= 0.3 is 12.3 Å². The molecule has 12 heteroatoms. The normalized spacial score (nSPS) is 12.9. The summed E-state index contributed by atoms with van der Waals surface area (Å²) in [6.07, 6.45) is -5.74. The molecule has 2 amide bonds. The predicted octanol–water partition coefficient (Wildman–Crippen LogP) is 3.86. The van der Waals surface area contributed by atoms with Crippen molar-refractivity contribution in [2.45, 2.75) is 45.4 Å². The van der Waals surface area contributed by atoms with E-state index in [1.807, 2.05) is 5.32 Å². The van der Waals surface area contributed by atoms with Crippen LogP contribution in [0.25, 0.3) is 0 Å². The van der Waals surface area contributed by atoms with E-state index >= 15 is 0 Å². The van der Waals surface area contributed by atoms with E-state index in [0.29, 0.717) is 12.1 Å². The lowest BCUT2D eigenvalue weighted by Crippen LogP contribution is -2.36. The number of nitro groups is 1. The van der Waals surface area contributed by atoms with Crippen LogP contribution < -0.4 is 10.6 Å². The number of nitrogens with zero attached hydrogens (tertiary/aromatic N) is 1. The van der Waals surface area contributed by atoms with E-state index in [4.69, 9.17) is 4.74 Å². The molecule has 0 aliphatic carbocycles. The first kappa shape index (κ1) is 23.1. The maximum atomic E-state index is 14.3. The minimum atomic E-state index is -4.67. The Labute approximate surface area is 157 Å².